The smallest absolute Gasteiger partial charge is 0.697 e. The molecule has 15 heteroatoms. The molecule has 3 heterocycles. The molecule has 0 unspecified atom stereocenters. The van der Waals surface area contributed by atoms with Gasteiger partial charge in [0, 0.05) is 88.1 Å². The first-order valence-electron chi connectivity index (χ1n) is 34.2. The maximum absolute atomic E-state index is 11.1. The molecule has 2 N–H and O–H groups in total. The molecule has 0 saturated heterocycles. The zero-order valence-electron chi connectivity index (χ0n) is 64.4. The van der Waals surface area contributed by atoms with Gasteiger partial charge < -0.3 is 56.1 Å². The van der Waals surface area contributed by atoms with Gasteiger partial charge in [0.05, 0.1) is 22.4 Å². The Balaban J connectivity index is -0.000000179. The molecule has 0 spiro atoms. The van der Waals surface area contributed by atoms with Crippen LogP contribution in [0.15, 0.2) is 243 Å². The summed E-state index contributed by atoms with van der Waals surface area (Å²) in [5.74, 6) is 10.1. The number of hydrogen-bond acceptors (Lipinski definition) is 8. The van der Waals surface area contributed by atoms with Crippen LogP contribution in [-0.4, -0.2) is 31.1 Å². The fourth-order valence-electron chi connectivity index (χ4n) is 7.34. The molecule has 8 aromatic carbocycles. The number of carbonyl (C=O) groups excluding carboxylic acids is 1. The van der Waals surface area contributed by atoms with E-state index in [4.69, 9.17) is 47.2 Å². The average Bonchev–Trinajstić information content (AvgIpc) is 1.68. The van der Waals surface area contributed by atoms with Crippen LogP contribution in [0, 0.1) is 76.1 Å². The van der Waals surface area contributed by atoms with Crippen molar-refractivity contribution in [3.8, 4) is 108 Å². The van der Waals surface area contributed by atoms with Gasteiger partial charge in [-0.1, -0.05) is 370 Å². The van der Waals surface area contributed by atoms with Crippen molar-refractivity contribution in [2.75, 3.05) is 5.33 Å². The summed E-state index contributed by atoms with van der Waals surface area (Å²) in [6.07, 6.45) is 32.1. The molecule has 0 aliphatic rings. The fraction of sp³-hybridized carbons (Fsp3) is 0.220. The molecule has 11 rings (SSSR count). The normalized spacial score (nSPS) is 8.08. The minimum atomic E-state index is 0. The van der Waals surface area contributed by atoms with Gasteiger partial charge in [-0.25, -0.2) is 15.0 Å². The SMILES string of the molecule is Brc1ccc(-c2csc(-c3ccccc3)n2)cc1.C#C[CH2-].CC.CC.CC.CC.CC.CC.CC.CC.NC(=S)c1ccccc1.O=C(CBr)c1ccc(Br)cc1.[C-]#C.[C-]#C.[C-]#CCCCc1ccc(-c2csc(-c3ccccc3)n2)cc1.[CH2-]C#Cc1ccc(-c2csc(-c3ccccc3)n2)cc1.[V+2].[V+2].[V]. The van der Waals surface area contributed by atoms with Gasteiger partial charge in [0.2, 0.25) is 0 Å². The molecule has 0 bridgehead atoms. The van der Waals surface area contributed by atoms with Crippen LogP contribution in [0.4, 0.5) is 0 Å². The van der Waals surface area contributed by atoms with Crippen molar-refractivity contribution < 1.29 is 60.5 Å². The molecular formula is C91H104Br3N4OS4V3-. The van der Waals surface area contributed by atoms with Gasteiger partial charge >= 0.3 is 37.1 Å². The molecule has 0 saturated carbocycles. The summed E-state index contributed by atoms with van der Waals surface area (Å²) in [6.45, 7) is 38.5. The van der Waals surface area contributed by atoms with Crippen LogP contribution < -0.4 is 5.73 Å². The maximum Gasteiger partial charge on any atom is 2.00 e. The van der Waals surface area contributed by atoms with Gasteiger partial charge in [0.1, 0.15) is 20.0 Å². The summed E-state index contributed by atoms with van der Waals surface area (Å²) in [5.41, 5.74) is 19.3. The Labute approximate surface area is 721 Å². The number of nitrogens with two attached hydrogens (primary N) is 1. The number of aryl methyl sites for hydroxylation is 1. The van der Waals surface area contributed by atoms with Crippen molar-refractivity contribution in [1.29, 1.82) is 0 Å². The number of thiazole rings is 3. The molecule has 0 aliphatic heterocycles. The number of terminal acetylenes is 3. The number of aromatic nitrogens is 3. The first-order valence-corrected chi connectivity index (χ1v) is 39.9. The van der Waals surface area contributed by atoms with Gasteiger partial charge in [-0.05, 0) is 49.1 Å². The van der Waals surface area contributed by atoms with E-state index in [0.29, 0.717) is 10.3 Å². The average molecular weight is 1790 g/mol. The largest absolute Gasteiger partial charge is 2.00 e. The van der Waals surface area contributed by atoms with E-state index in [9.17, 15) is 4.79 Å². The number of unbranched alkanes of at least 4 members (excludes halogenated alkanes) is 1. The molecule has 0 amide bonds. The number of alkyl halides is 1. The third-order valence-electron chi connectivity index (χ3n) is 11.5. The van der Waals surface area contributed by atoms with E-state index in [1.165, 1.54) is 16.7 Å². The second kappa shape index (κ2) is 82.0. The Morgan fingerprint density at radius 3 is 1.02 bits per heavy atom. The monoisotopic (exact) mass is 1790 g/mol. The van der Waals surface area contributed by atoms with Crippen molar-refractivity contribution in [3.63, 3.8) is 0 Å². The minimum Gasteiger partial charge on any atom is -0.697 e. The van der Waals surface area contributed by atoms with Crippen molar-refractivity contribution in [2.45, 2.75) is 130 Å². The Bertz CT molecular complexity index is 3970. The van der Waals surface area contributed by atoms with E-state index in [1.807, 2.05) is 250 Å². The molecule has 11 aromatic rings. The van der Waals surface area contributed by atoms with E-state index < -0.39 is 0 Å². The summed E-state index contributed by atoms with van der Waals surface area (Å²) in [5, 5.41) is 9.85. The first-order chi connectivity index (χ1) is 50.5. The van der Waals surface area contributed by atoms with Crippen LogP contribution in [0.25, 0.3) is 65.5 Å². The van der Waals surface area contributed by atoms with E-state index in [-0.39, 0.29) is 61.5 Å². The second-order valence-corrected chi connectivity index (χ2v) is 22.7. The predicted molar refractivity (Wildman–Crippen MR) is 475 cm³/mol. The molecule has 555 valence electrons. The molecule has 0 aliphatic carbocycles. The number of halogens is 3. The number of thiocarbonyl (C=S) groups is 1. The van der Waals surface area contributed by atoms with Crippen molar-refractivity contribution in [1.82, 2.24) is 15.0 Å². The van der Waals surface area contributed by atoms with Crippen LogP contribution in [-0.2, 0) is 62.1 Å². The maximum atomic E-state index is 11.1. The van der Waals surface area contributed by atoms with E-state index >= 15 is 0 Å². The number of Topliss-reactive ketones (excluding diaryl/α,β-unsaturated/α-hetero) is 1. The van der Waals surface area contributed by atoms with Crippen LogP contribution in [0.2, 0.25) is 0 Å². The van der Waals surface area contributed by atoms with Crippen molar-refractivity contribution >= 4 is 105 Å². The van der Waals surface area contributed by atoms with Gasteiger partial charge in [0.25, 0.3) is 0 Å². The number of benzene rings is 8. The van der Waals surface area contributed by atoms with E-state index in [2.05, 4.69) is 193 Å². The Kier molecular flexibility index (Phi) is 88.8. The number of nitrogens with zero attached hydrogens (tertiary/aromatic N) is 3. The standard InChI is InChI=1S/C20H16NS.C18H12NS.C15H10BrNS.C8H6Br2O.C7H7NS.C3H3.8C2H6.2C2H.3V/c1-2-3-5-8-16-11-13-17(14-12-16)19-15-22-20(21-19)18-9-6-4-7-10-18;1-2-6-14-9-11-15(12-10-14)17-13-20-18(19-17)16-7-4-3-5-8-16;16-13-8-6-11(7-9-13)14-10-18-15(17-14)12-4-2-1-3-5-12;9-5-8(11)6-1-3-7(10)4-2-6;8-7(9)6-4-2-1-3-5-6;1-3-2;10*1-2;;;/h4,6-7,9-15H,3,5,8H2;3-5,7-13H,1H2;1-10H;1-4H,5H2;1-5H,(H2,8,9);1H,2H2;8*1-2H3;2*1H;;;/q2*-1;;;;-1;;;;;;;;;2*-1;;2*+2. The number of hydrogen-bond donors (Lipinski definition) is 1. The number of carbonyl (C=O) groups is 1. The Morgan fingerprint density at radius 1 is 0.462 bits per heavy atom. The van der Waals surface area contributed by atoms with Gasteiger partial charge in [-0.3, -0.25) is 16.6 Å². The molecule has 0 atom stereocenters. The molecule has 106 heavy (non-hydrogen) atoms. The molecule has 0 fully saturated rings. The summed E-state index contributed by atoms with van der Waals surface area (Å²) in [6, 6.07) is 72.5. The molecule has 5 nitrogen and oxygen atoms in total. The van der Waals surface area contributed by atoms with Crippen LogP contribution in [0.5, 0.6) is 0 Å². The Morgan fingerprint density at radius 2 is 0.745 bits per heavy atom. The zero-order valence-corrected chi connectivity index (χ0v) is 76.6. The molecule has 3 radical (unpaired) electrons. The number of rotatable bonds is 12. The second-order valence-electron chi connectivity index (χ2n) is 17.3. The summed E-state index contributed by atoms with van der Waals surface area (Å²) >= 11 is 19.6. The summed E-state index contributed by atoms with van der Waals surface area (Å²) < 4.78 is 2.08. The Hall–Kier alpha value is -7.06. The third kappa shape index (κ3) is 49.7. The van der Waals surface area contributed by atoms with E-state index in [0.717, 1.165) is 99.3 Å². The van der Waals surface area contributed by atoms with Gasteiger partial charge in [-0.2, -0.15) is 13.8 Å². The summed E-state index contributed by atoms with van der Waals surface area (Å²) in [7, 11) is 0. The molecular weight excluding hydrogens is 1690 g/mol. The van der Waals surface area contributed by atoms with Crippen molar-refractivity contribution in [3.05, 3.63) is 299 Å². The van der Waals surface area contributed by atoms with Gasteiger partial charge in [-0.15, -0.1) is 34.0 Å². The zero-order chi connectivity index (χ0) is 79.0. The van der Waals surface area contributed by atoms with Crippen LogP contribution in [0.1, 0.15) is 151 Å². The first kappa shape index (κ1) is 115. The van der Waals surface area contributed by atoms with Crippen LogP contribution >= 0.6 is 94.0 Å². The predicted octanol–water partition coefficient (Wildman–Crippen LogP) is 28.7. The van der Waals surface area contributed by atoms with E-state index in [1.54, 1.807) is 46.1 Å². The van der Waals surface area contributed by atoms with Crippen molar-refractivity contribution in [2.24, 2.45) is 5.73 Å². The quantitative estimate of drug-likeness (QED) is 0.0328. The molecule has 3 aromatic heterocycles. The fourth-order valence-corrected chi connectivity index (χ4v) is 10.8. The number of ketones is 1. The third-order valence-corrected chi connectivity index (χ3v) is 16.0. The van der Waals surface area contributed by atoms with Gasteiger partial charge in [0.15, 0.2) is 5.78 Å². The topological polar surface area (TPSA) is 81.8 Å². The minimum absolute atomic E-state index is 0. The van der Waals surface area contributed by atoms with Crippen LogP contribution in [0.3, 0.4) is 0 Å². The summed E-state index contributed by atoms with van der Waals surface area (Å²) in [4.78, 5) is 25.6.